The van der Waals surface area contributed by atoms with Crippen LogP contribution in [-0.4, -0.2) is 19.8 Å². The summed E-state index contributed by atoms with van der Waals surface area (Å²) in [6, 6.07) is 19.5. The lowest BCUT2D eigenvalue weighted by Gasteiger charge is -2.19. The first-order valence-electron chi connectivity index (χ1n) is 9.98. The molecule has 0 aliphatic carbocycles. The molecule has 0 unspecified atom stereocenters. The van der Waals surface area contributed by atoms with Crippen molar-refractivity contribution in [2.24, 2.45) is 0 Å². The summed E-state index contributed by atoms with van der Waals surface area (Å²) < 4.78 is 23.0. The molecule has 0 atom stereocenters. The standard InChI is InChI=1S/C24H24ClNO4/c1-2-27-23-13-17(7-9-22(23)30-16-18-5-3-4-6-20(18)25)15-26-19-8-10-21-24(14-19)29-12-11-28-21/h3-10,13-14,26H,2,11-12,15-16H2,1H3. The van der Waals surface area contributed by atoms with Gasteiger partial charge in [-0.15, -0.1) is 0 Å². The fraction of sp³-hybridized carbons (Fsp3) is 0.250. The molecule has 3 aromatic carbocycles. The summed E-state index contributed by atoms with van der Waals surface area (Å²) in [4.78, 5) is 0. The van der Waals surface area contributed by atoms with Crippen LogP contribution in [0.4, 0.5) is 5.69 Å². The number of ether oxygens (including phenoxy) is 4. The summed E-state index contributed by atoms with van der Waals surface area (Å²) in [5, 5.41) is 4.11. The van der Waals surface area contributed by atoms with Crippen LogP contribution in [0, 0.1) is 0 Å². The molecule has 4 rings (SSSR count). The van der Waals surface area contributed by atoms with Gasteiger partial charge in [0.25, 0.3) is 0 Å². The van der Waals surface area contributed by atoms with Gasteiger partial charge in [-0.2, -0.15) is 0 Å². The van der Waals surface area contributed by atoms with E-state index in [2.05, 4.69) is 5.32 Å². The van der Waals surface area contributed by atoms with Crippen LogP contribution in [0.1, 0.15) is 18.1 Å². The molecule has 1 aliphatic heterocycles. The molecule has 0 saturated carbocycles. The molecular formula is C24H24ClNO4. The SMILES string of the molecule is CCOc1cc(CNc2ccc3c(c2)OCCO3)ccc1OCc1ccccc1Cl. The number of rotatable bonds is 8. The van der Waals surface area contributed by atoms with Crippen LogP contribution in [0.2, 0.25) is 5.02 Å². The second-order valence-corrected chi connectivity index (χ2v) is 7.21. The molecule has 1 heterocycles. The van der Waals surface area contributed by atoms with Gasteiger partial charge in [0.15, 0.2) is 23.0 Å². The van der Waals surface area contributed by atoms with Gasteiger partial charge < -0.3 is 24.3 Å². The lowest BCUT2D eigenvalue weighted by Crippen LogP contribution is -2.15. The minimum absolute atomic E-state index is 0.383. The summed E-state index contributed by atoms with van der Waals surface area (Å²) in [5.74, 6) is 2.96. The van der Waals surface area contributed by atoms with Crippen LogP contribution in [0.15, 0.2) is 60.7 Å². The van der Waals surface area contributed by atoms with Gasteiger partial charge in [0.2, 0.25) is 0 Å². The minimum Gasteiger partial charge on any atom is -0.490 e. The summed E-state index contributed by atoms with van der Waals surface area (Å²) in [6.07, 6.45) is 0. The van der Waals surface area contributed by atoms with Crippen molar-refractivity contribution in [1.82, 2.24) is 0 Å². The van der Waals surface area contributed by atoms with Gasteiger partial charge in [-0.1, -0.05) is 35.9 Å². The zero-order chi connectivity index (χ0) is 20.8. The number of fused-ring (bicyclic) bond motifs is 1. The van der Waals surface area contributed by atoms with E-state index in [1.807, 2.05) is 67.6 Å². The second kappa shape index (κ2) is 9.63. The number of anilines is 1. The molecule has 6 heteroatoms. The molecular weight excluding hydrogens is 402 g/mol. The minimum atomic E-state index is 0.383. The van der Waals surface area contributed by atoms with Crippen molar-refractivity contribution in [2.75, 3.05) is 25.1 Å². The molecule has 0 spiro atoms. The number of hydrogen-bond acceptors (Lipinski definition) is 5. The van der Waals surface area contributed by atoms with Gasteiger partial charge >= 0.3 is 0 Å². The Labute approximate surface area is 181 Å². The van der Waals surface area contributed by atoms with Gasteiger partial charge in [0.1, 0.15) is 19.8 Å². The van der Waals surface area contributed by atoms with Crippen molar-refractivity contribution in [1.29, 1.82) is 0 Å². The van der Waals surface area contributed by atoms with E-state index in [-0.39, 0.29) is 0 Å². The molecule has 0 radical (unpaired) electrons. The normalized spacial score (nSPS) is 12.3. The van der Waals surface area contributed by atoms with E-state index in [1.165, 1.54) is 0 Å². The number of halogens is 1. The van der Waals surface area contributed by atoms with Crippen LogP contribution in [0.3, 0.4) is 0 Å². The van der Waals surface area contributed by atoms with Crippen molar-refractivity contribution in [3.8, 4) is 23.0 Å². The Morgan fingerprint density at radius 1 is 0.900 bits per heavy atom. The van der Waals surface area contributed by atoms with Crippen molar-refractivity contribution in [3.63, 3.8) is 0 Å². The van der Waals surface area contributed by atoms with E-state index in [4.69, 9.17) is 30.5 Å². The number of hydrogen-bond donors (Lipinski definition) is 1. The maximum atomic E-state index is 6.22. The summed E-state index contributed by atoms with van der Waals surface area (Å²) >= 11 is 6.22. The van der Waals surface area contributed by atoms with Gasteiger partial charge in [0.05, 0.1) is 6.61 Å². The number of benzene rings is 3. The molecule has 0 saturated heterocycles. The van der Waals surface area contributed by atoms with E-state index in [9.17, 15) is 0 Å². The predicted octanol–water partition coefficient (Wildman–Crippen LogP) is 5.70. The van der Waals surface area contributed by atoms with Crippen molar-refractivity contribution < 1.29 is 18.9 Å². The lowest BCUT2D eigenvalue weighted by atomic mass is 10.2. The molecule has 1 aliphatic rings. The highest BCUT2D eigenvalue weighted by Gasteiger charge is 2.12. The summed E-state index contributed by atoms with van der Waals surface area (Å²) in [6.45, 7) is 4.70. The Morgan fingerprint density at radius 2 is 1.73 bits per heavy atom. The molecule has 1 N–H and O–H groups in total. The quantitative estimate of drug-likeness (QED) is 0.501. The number of nitrogens with one attached hydrogen (secondary N) is 1. The van der Waals surface area contributed by atoms with Gasteiger partial charge in [-0.3, -0.25) is 0 Å². The van der Waals surface area contributed by atoms with Crippen LogP contribution in [0.25, 0.3) is 0 Å². The van der Waals surface area contributed by atoms with Crippen molar-refractivity contribution in [2.45, 2.75) is 20.1 Å². The zero-order valence-corrected chi connectivity index (χ0v) is 17.6. The van der Waals surface area contributed by atoms with E-state index in [0.29, 0.717) is 49.5 Å². The Hall–Kier alpha value is -3.05. The third-order valence-corrected chi connectivity index (χ3v) is 5.06. The molecule has 0 aromatic heterocycles. The van der Waals surface area contributed by atoms with Crippen LogP contribution >= 0.6 is 11.6 Å². The largest absolute Gasteiger partial charge is 0.490 e. The van der Waals surface area contributed by atoms with Gasteiger partial charge in [-0.25, -0.2) is 0 Å². The first kappa shape index (κ1) is 20.2. The zero-order valence-electron chi connectivity index (χ0n) is 16.8. The van der Waals surface area contributed by atoms with Gasteiger partial charge in [0, 0.05) is 28.9 Å². The second-order valence-electron chi connectivity index (χ2n) is 6.81. The monoisotopic (exact) mass is 425 g/mol. The van der Waals surface area contributed by atoms with E-state index in [0.717, 1.165) is 28.3 Å². The highest BCUT2D eigenvalue weighted by atomic mass is 35.5. The molecule has 0 fully saturated rings. The molecule has 0 bridgehead atoms. The molecule has 5 nitrogen and oxygen atoms in total. The summed E-state index contributed by atoms with van der Waals surface area (Å²) in [5.41, 5.74) is 2.99. The maximum absolute atomic E-state index is 6.22. The third kappa shape index (κ3) is 4.92. The Kier molecular flexibility index (Phi) is 6.50. The average Bonchev–Trinajstić information content (AvgIpc) is 2.78. The van der Waals surface area contributed by atoms with Crippen LogP contribution in [-0.2, 0) is 13.2 Å². The molecule has 3 aromatic rings. The Morgan fingerprint density at radius 3 is 2.57 bits per heavy atom. The Bertz CT molecular complexity index is 1010. The molecule has 0 amide bonds. The highest BCUT2D eigenvalue weighted by Crippen LogP contribution is 2.33. The Balaban J connectivity index is 1.43. The third-order valence-electron chi connectivity index (χ3n) is 4.69. The fourth-order valence-corrected chi connectivity index (χ4v) is 3.37. The molecule has 30 heavy (non-hydrogen) atoms. The average molecular weight is 426 g/mol. The van der Waals surface area contributed by atoms with E-state index >= 15 is 0 Å². The van der Waals surface area contributed by atoms with Crippen molar-refractivity contribution in [3.05, 3.63) is 76.8 Å². The first-order valence-corrected chi connectivity index (χ1v) is 10.4. The van der Waals surface area contributed by atoms with Crippen molar-refractivity contribution >= 4 is 17.3 Å². The topological polar surface area (TPSA) is 49.0 Å². The lowest BCUT2D eigenvalue weighted by molar-refractivity contribution is 0.171. The fourth-order valence-electron chi connectivity index (χ4n) is 3.18. The maximum Gasteiger partial charge on any atom is 0.163 e. The van der Waals surface area contributed by atoms with E-state index in [1.54, 1.807) is 0 Å². The van der Waals surface area contributed by atoms with Crippen LogP contribution in [0.5, 0.6) is 23.0 Å². The highest BCUT2D eigenvalue weighted by molar-refractivity contribution is 6.31. The smallest absolute Gasteiger partial charge is 0.163 e. The molecule has 156 valence electrons. The first-order chi connectivity index (χ1) is 14.7. The predicted molar refractivity (Wildman–Crippen MR) is 118 cm³/mol. The summed E-state index contributed by atoms with van der Waals surface area (Å²) in [7, 11) is 0. The van der Waals surface area contributed by atoms with E-state index < -0.39 is 0 Å². The van der Waals surface area contributed by atoms with Crippen LogP contribution < -0.4 is 24.3 Å². The van der Waals surface area contributed by atoms with Gasteiger partial charge in [-0.05, 0) is 42.8 Å².